The first-order chi connectivity index (χ1) is 6.27. The van der Waals surface area contributed by atoms with E-state index in [9.17, 15) is 4.79 Å². The van der Waals surface area contributed by atoms with E-state index >= 15 is 0 Å². The molecular weight excluding hydrogens is 172 g/mol. The lowest BCUT2D eigenvalue weighted by Gasteiger charge is -1.96. The molecule has 5 nitrogen and oxygen atoms in total. The fraction of sp³-hybridized carbons (Fsp3) is 0.250. The molecule has 68 valence electrons. The number of hydrogen-bond acceptors (Lipinski definition) is 4. The molecule has 0 amide bonds. The zero-order valence-electron chi connectivity index (χ0n) is 7.06. The van der Waals surface area contributed by atoms with Crippen molar-refractivity contribution in [2.24, 2.45) is 0 Å². The minimum absolute atomic E-state index is 0.362. The smallest absolute Gasteiger partial charge is 0.442 e. The Bertz CT molecular complexity index is 438. The normalized spacial score (nSPS) is 10.5. The van der Waals surface area contributed by atoms with Gasteiger partial charge in [-0.05, 0) is 19.1 Å². The lowest BCUT2D eigenvalue weighted by Crippen LogP contribution is -2.15. The Morgan fingerprint density at radius 3 is 3.00 bits per heavy atom. The van der Waals surface area contributed by atoms with Crippen LogP contribution in [-0.2, 0) is 6.54 Å². The van der Waals surface area contributed by atoms with Gasteiger partial charge in [-0.25, -0.2) is 4.79 Å². The Kier molecular flexibility index (Phi) is 1.77. The second-order valence-corrected chi connectivity index (χ2v) is 2.66. The molecular formula is C8H8N2O3. The molecule has 0 bridgehead atoms. The summed E-state index contributed by atoms with van der Waals surface area (Å²) >= 11 is 0. The first kappa shape index (κ1) is 7.85. The van der Waals surface area contributed by atoms with E-state index in [0.717, 1.165) is 0 Å². The molecule has 0 aromatic carbocycles. The summed E-state index contributed by atoms with van der Waals surface area (Å²) in [5.74, 6) is 0.781. The van der Waals surface area contributed by atoms with Gasteiger partial charge in [-0.3, -0.25) is 9.09 Å². The molecule has 0 saturated carbocycles. The molecule has 0 aliphatic carbocycles. The van der Waals surface area contributed by atoms with E-state index in [1.807, 2.05) is 0 Å². The Hall–Kier alpha value is -1.78. The van der Waals surface area contributed by atoms with Crippen LogP contribution in [0.3, 0.4) is 0 Å². The summed E-state index contributed by atoms with van der Waals surface area (Å²) < 4.78 is 10.9. The number of rotatable bonds is 2. The van der Waals surface area contributed by atoms with Gasteiger partial charge in [0.2, 0.25) is 0 Å². The third-order valence-electron chi connectivity index (χ3n) is 1.76. The van der Waals surface area contributed by atoms with Crippen molar-refractivity contribution in [2.75, 3.05) is 0 Å². The molecule has 0 atom stereocenters. The summed E-state index contributed by atoms with van der Waals surface area (Å²) in [6.45, 7) is 2.06. The largest absolute Gasteiger partial charge is 0.467 e. The second-order valence-electron chi connectivity index (χ2n) is 2.66. The standard InChI is InChI=1S/C8H8N2O3/c1-6-9-13-8(11)10(6)5-7-3-2-4-12-7/h2-4H,5H2,1H3. The summed E-state index contributed by atoms with van der Waals surface area (Å²) in [5, 5.41) is 3.53. The first-order valence-corrected chi connectivity index (χ1v) is 3.83. The molecule has 0 N–H and O–H groups in total. The minimum atomic E-state index is -0.464. The zero-order valence-corrected chi connectivity index (χ0v) is 7.06. The molecule has 2 aromatic rings. The summed E-state index contributed by atoms with van der Waals surface area (Å²) in [6.07, 6.45) is 1.56. The van der Waals surface area contributed by atoms with Crippen LogP contribution in [0.25, 0.3) is 0 Å². The monoisotopic (exact) mass is 180 g/mol. The Morgan fingerprint density at radius 1 is 1.62 bits per heavy atom. The van der Waals surface area contributed by atoms with Gasteiger partial charge < -0.3 is 4.42 Å². The predicted molar refractivity (Wildman–Crippen MR) is 43.3 cm³/mol. The molecule has 0 spiro atoms. The van der Waals surface area contributed by atoms with Crippen molar-refractivity contribution >= 4 is 0 Å². The van der Waals surface area contributed by atoms with E-state index in [2.05, 4.69) is 9.68 Å². The van der Waals surface area contributed by atoms with E-state index in [1.54, 1.807) is 25.3 Å². The molecule has 0 aliphatic heterocycles. The highest BCUT2D eigenvalue weighted by atomic mass is 16.5. The SMILES string of the molecule is Cc1noc(=O)n1Cc1ccco1. The van der Waals surface area contributed by atoms with Gasteiger partial charge in [0.15, 0.2) is 5.82 Å². The summed E-state index contributed by atoms with van der Waals surface area (Å²) in [4.78, 5) is 11.1. The van der Waals surface area contributed by atoms with Crippen molar-refractivity contribution in [3.8, 4) is 0 Å². The molecule has 2 heterocycles. The number of furan rings is 1. The molecule has 0 fully saturated rings. The van der Waals surface area contributed by atoms with E-state index < -0.39 is 5.76 Å². The third kappa shape index (κ3) is 1.40. The van der Waals surface area contributed by atoms with Gasteiger partial charge in [0.1, 0.15) is 5.76 Å². The molecule has 5 heteroatoms. The van der Waals surface area contributed by atoms with Crippen LogP contribution < -0.4 is 5.76 Å². The van der Waals surface area contributed by atoms with Crippen LogP contribution in [0.1, 0.15) is 11.6 Å². The number of hydrogen-bond donors (Lipinski definition) is 0. The van der Waals surface area contributed by atoms with Crippen LogP contribution in [0, 0.1) is 6.92 Å². The predicted octanol–water partition coefficient (Wildman–Crippen LogP) is 0.786. The average Bonchev–Trinajstić information content (AvgIpc) is 2.70. The van der Waals surface area contributed by atoms with Crippen molar-refractivity contribution in [1.29, 1.82) is 0 Å². The molecule has 2 aromatic heterocycles. The van der Waals surface area contributed by atoms with Crippen LogP contribution in [-0.4, -0.2) is 9.72 Å². The molecule has 13 heavy (non-hydrogen) atoms. The maximum atomic E-state index is 11.1. The van der Waals surface area contributed by atoms with Crippen molar-refractivity contribution in [3.63, 3.8) is 0 Å². The van der Waals surface area contributed by atoms with Crippen molar-refractivity contribution in [1.82, 2.24) is 9.72 Å². The molecule has 0 unspecified atom stereocenters. The highest BCUT2D eigenvalue weighted by molar-refractivity contribution is 4.99. The lowest BCUT2D eigenvalue weighted by atomic mass is 10.4. The number of nitrogens with zero attached hydrogens (tertiary/aromatic N) is 2. The summed E-state index contributed by atoms with van der Waals surface area (Å²) in [5.41, 5.74) is 0. The fourth-order valence-corrected chi connectivity index (χ4v) is 1.07. The van der Waals surface area contributed by atoms with Crippen LogP contribution in [0.2, 0.25) is 0 Å². The van der Waals surface area contributed by atoms with Crippen LogP contribution in [0.4, 0.5) is 0 Å². The van der Waals surface area contributed by atoms with Gasteiger partial charge in [0.05, 0.1) is 12.8 Å². The van der Waals surface area contributed by atoms with E-state index in [1.165, 1.54) is 4.57 Å². The highest BCUT2D eigenvalue weighted by Gasteiger charge is 2.07. The van der Waals surface area contributed by atoms with Crippen LogP contribution in [0.5, 0.6) is 0 Å². The maximum Gasteiger partial charge on any atom is 0.442 e. The average molecular weight is 180 g/mol. The van der Waals surface area contributed by atoms with Crippen LogP contribution in [0.15, 0.2) is 32.1 Å². The fourth-order valence-electron chi connectivity index (χ4n) is 1.07. The summed E-state index contributed by atoms with van der Waals surface area (Å²) in [6, 6.07) is 3.56. The van der Waals surface area contributed by atoms with Crippen molar-refractivity contribution in [2.45, 2.75) is 13.5 Å². The summed E-state index contributed by atoms with van der Waals surface area (Å²) in [7, 11) is 0. The van der Waals surface area contributed by atoms with E-state index in [4.69, 9.17) is 4.42 Å². The van der Waals surface area contributed by atoms with Gasteiger partial charge in [-0.1, -0.05) is 5.16 Å². The van der Waals surface area contributed by atoms with Gasteiger partial charge in [0, 0.05) is 0 Å². The Labute approximate surface area is 73.6 Å². The van der Waals surface area contributed by atoms with Crippen LogP contribution >= 0.6 is 0 Å². The van der Waals surface area contributed by atoms with E-state index in [0.29, 0.717) is 18.1 Å². The lowest BCUT2D eigenvalue weighted by molar-refractivity contribution is 0.372. The van der Waals surface area contributed by atoms with E-state index in [-0.39, 0.29) is 0 Å². The van der Waals surface area contributed by atoms with Gasteiger partial charge >= 0.3 is 5.76 Å². The Morgan fingerprint density at radius 2 is 2.46 bits per heavy atom. The second kappa shape index (κ2) is 2.93. The third-order valence-corrected chi connectivity index (χ3v) is 1.76. The van der Waals surface area contributed by atoms with Gasteiger partial charge in [0.25, 0.3) is 0 Å². The molecule has 0 saturated heterocycles. The van der Waals surface area contributed by atoms with Crippen molar-refractivity contribution in [3.05, 3.63) is 40.5 Å². The van der Waals surface area contributed by atoms with Gasteiger partial charge in [-0.2, -0.15) is 0 Å². The van der Waals surface area contributed by atoms with Gasteiger partial charge in [-0.15, -0.1) is 0 Å². The highest BCUT2D eigenvalue weighted by Crippen LogP contribution is 2.02. The molecule has 2 rings (SSSR count). The molecule has 0 aliphatic rings. The minimum Gasteiger partial charge on any atom is -0.467 e. The molecule has 0 radical (unpaired) electrons. The first-order valence-electron chi connectivity index (χ1n) is 3.83. The number of aromatic nitrogens is 2. The quantitative estimate of drug-likeness (QED) is 0.685. The van der Waals surface area contributed by atoms with Crippen molar-refractivity contribution < 1.29 is 8.94 Å². The Balaban J connectivity index is 2.33. The number of aryl methyl sites for hydroxylation is 1. The topological polar surface area (TPSA) is 61.2 Å². The maximum absolute atomic E-state index is 11.1. The zero-order chi connectivity index (χ0) is 9.26.